The molecule has 0 unspecified atom stereocenters. The monoisotopic (exact) mass is 412 g/mol. The molecular formula is C23H30N3O4+. The number of nitrogens with one attached hydrogen (secondary N) is 2. The molecule has 0 radical (unpaired) electrons. The zero-order valence-electron chi connectivity index (χ0n) is 17.9. The lowest BCUT2D eigenvalue weighted by Crippen LogP contribution is -3.12. The first-order valence-electron chi connectivity index (χ1n) is 10.3. The van der Waals surface area contributed by atoms with Crippen LogP contribution in [0.4, 0.5) is 0 Å². The van der Waals surface area contributed by atoms with E-state index in [1.54, 1.807) is 31.4 Å². The van der Waals surface area contributed by atoms with Gasteiger partial charge in [-0.15, -0.1) is 0 Å². The second kappa shape index (κ2) is 10.8. The van der Waals surface area contributed by atoms with Crippen molar-refractivity contribution in [1.29, 1.82) is 0 Å². The molecule has 0 bridgehead atoms. The molecule has 0 saturated carbocycles. The van der Waals surface area contributed by atoms with Gasteiger partial charge < -0.3 is 19.1 Å². The van der Waals surface area contributed by atoms with Crippen LogP contribution in [0, 0.1) is 0 Å². The molecular weight excluding hydrogens is 382 g/mol. The molecule has 7 heteroatoms. The average molecular weight is 413 g/mol. The molecule has 0 spiro atoms. The van der Waals surface area contributed by atoms with Crippen molar-refractivity contribution in [3.05, 3.63) is 59.2 Å². The molecule has 0 aromatic heterocycles. The summed E-state index contributed by atoms with van der Waals surface area (Å²) in [5.41, 5.74) is 5.97. The van der Waals surface area contributed by atoms with Crippen LogP contribution < -0.4 is 19.8 Å². The van der Waals surface area contributed by atoms with Crippen molar-refractivity contribution in [3.8, 4) is 11.5 Å². The Balaban J connectivity index is 1.68. The summed E-state index contributed by atoms with van der Waals surface area (Å²) in [6.45, 7) is 8.80. The molecule has 1 saturated heterocycles. The van der Waals surface area contributed by atoms with Crippen LogP contribution in [0.5, 0.6) is 11.5 Å². The Morgan fingerprint density at radius 1 is 1.13 bits per heavy atom. The van der Waals surface area contributed by atoms with Gasteiger partial charge in [0, 0.05) is 11.1 Å². The van der Waals surface area contributed by atoms with E-state index in [9.17, 15) is 4.79 Å². The summed E-state index contributed by atoms with van der Waals surface area (Å²) in [6, 6.07) is 13.0. The highest BCUT2D eigenvalue weighted by molar-refractivity contribution is 6.01. The highest BCUT2D eigenvalue weighted by Crippen LogP contribution is 2.20. The van der Waals surface area contributed by atoms with E-state index in [1.807, 2.05) is 26.0 Å². The number of quaternary nitrogens is 1. The first kappa shape index (κ1) is 21.8. The molecule has 1 fully saturated rings. The number of amides is 1. The highest BCUT2D eigenvalue weighted by Gasteiger charge is 2.17. The van der Waals surface area contributed by atoms with Crippen LogP contribution >= 0.6 is 0 Å². The van der Waals surface area contributed by atoms with Crippen molar-refractivity contribution in [3.63, 3.8) is 0 Å². The molecule has 1 amide bonds. The van der Waals surface area contributed by atoms with Crippen molar-refractivity contribution in [2.24, 2.45) is 5.10 Å². The lowest BCUT2D eigenvalue weighted by Gasteiger charge is -2.24. The van der Waals surface area contributed by atoms with Crippen LogP contribution in [-0.2, 0) is 11.3 Å². The zero-order valence-corrected chi connectivity index (χ0v) is 17.9. The highest BCUT2D eigenvalue weighted by atomic mass is 16.5. The van der Waals surface area contributed by atoms with Gasteiger partial charge in [0.1, 0.15) is 31.1 Å². The number of morpholine rings is 1. The second-order valence-corrected chi connectivity index (χ2v) is 7.16. The Kier molecular flexibility index (Phi) is 7.82. The van der Waals surface area contributed by atoms with Gasteiger partial charge in [-0.3, -0.25) is 4.79 Å². The van der Waals surface area contributed by atoms with Crippen LogP contribution in [0.2, 0.25) is 0 Å². The summed E-state index contributed by atoms with van der Waals surface area (Å²) in [6.07, 6.45) is 0. The minimum absolute atomic E-state index is 0.260. The number of carbonyl (C=O) groups is 1. The number of hydrogen-bond acceptors (Lipinski definition) is 5. The predicted octanol–water partition coefficient (Wildman–Crippen LogP) is 1.66. The van der Waals surface area contributed by atoms with Crippen molar-refractivity contribution in [1.82, 2.24) is 5.43 Å². The third-order valence-electron chi connectivity index (χ3n) is 5.09. The predicted molar refractivity (Wildman–Crippen MR) is 116 cm³/mol. The molecule has 2 aromatic rings. The summed E-state index contributed by atoms with van der Waals surface area (Å²) in [7, 11) is 1.69. The fourth-order valence-corrected chi connectivity index (χ4v) is 3.38. The van der Waals surface area contributed by atoms with E-state index in [4.69, 9.17) is 14.2 Å². The first-order chi connectivity index (χ1) is 14.6. The van der Waals surface area contributed by atoms with Crippen LogP contribution in [0.25, 0.3) is 0 Å². The van der Waals surface area contributed by atoms with Crippen molar-refractivity contribution in [2.45, 2.75) is 20.4 Å². The molecule has 0 aliphatic carbocycles. The molecule has 1 aliphatic rings. The number of methoxy groups -OCH3 is 1. The van der Waals surface area contributed by atoms with E-state index in [2.05, 4.69) is 16.6 Å². The summed E-state index contributed by atoms with van der Waals surface area (Å²) < 4.78 is 16.4. The maximum atomic E-state index is 12.4. The van der Waals surface area contributed by atoms with E-state index in [0.717, 1.165) is 61.2 Å². The molecule has 30 heavy (non-hydrogen) atoms. The van der Waals surface area contributed by atoms with Gasteiger partial charge in [0.2, 0.25) is 0 Å². The van der Waals surface area contributed by atoms with Gasteiger partial charge in [-0.05, 0) is 61.9 Å². The van der Waals surface area contributed by atoms with E-state index in [0.29, 0.717) is 12.2 Å². The fourth-order valence-electron chi connectivity index (χ4n) is 3.38. The Bertz CT molecular complexity index is 875. The van der Waals surface area contributed by atoms with Crippen LogP contribution in [0.3, 0.4) is 0 Å². The van der Waals surface area contributed by atoms with Gasteiger partial charge in [-0.25, -0.2) is 5.43 Å². The molecule has 2 aromatic carbocycles. The molecule has 1 heterocycles. The first-order valence-corrected chi connectivity index (χ1v) is 10.3. The van der Waals surface area contributed by atoms with E-state index in [1.165, 1.54) is 4.90 Å². The quantitative estimate of drug-likeness (QED) is 0.511. The number of hydrazone groups is 1. The zero-order chi connectivity index (χ0) is 21.3. The van der Waals surface area contributed by atoms with Gasteiger partial charge in [-0.2, -0.15) is 5.10 Å². The van der Waals surface area contributed by atoms with Gasteiger partial charge in [0.25, 0.3) is 5.91 Å². The molecule has 160 valence electrons. The van der Waals surface area contributed by atoms with E-state index >= 15 is 0 Å². The Hall–Kier alpha value is -2.90. The molecule has 3 rings (SSSR count). The maximum absolute atomic E-state index is 12.4. The molecule has 0 atom stereocenters. The largest absolute Gasteiger partial charge is 0.496 e. The third kappa shape index (κ3) is 5.81. The van der Waals surface area contributed by atoms with Gasteiger partial charge in [-0.1, -0.05) is 0 Å². The minimum Gasteiger partial charge on any atom is -0.496 e. The SMILES string of the molecule is CCOc1ccc(C(=O)N/N=C(/C)c2ccc(OC)c(C[NH+]3CCOCC3)c2)cc1. The summed E-state index contributed by atoms with van der Waals surface area (Å²) >= 11 is 0. The van der Waals surface area contributed by atoms with Crippen molar-refractivity contribution < 1.29 is 23.9 Å². The molecule has 2 N–H and O–H groups in total. The Morgan fingerprint density at radius 3 is 2.50 bits per heavy atom. The number of carbonyl (C=O) groups excluding carboxylic acids is 1. The van der Waals surface area contributed by atoms with Crippen LogP contribution in [0.1, 0.15) is 35.3 Å². The smallest absolute Gasteiger partial charge is 0.271 e. The van der Waals surface area contributed by atoms with Gasteiger partial charge >= 0.3 is 0 Å². The average Bonchev–Trinajstić information content (AvgIpc) is 2.78. The number of benzene rings is 2. The third-order valence-corrected chi connectivity index (χ3v) is 5.09. The van der Waals surface area contributed by atoms with E-state index in [-0.39, 0.29) is 5.91 Å². The molecule has 7 nitrogen and oxygen atoms in total. The number of hydrogen-bond donors (Lipinski definition) is 2. The summed E-state index contributed by atoms with van der Waals surface area (Å²) in [5.74, 6) is 1.34. The van der Waals surface area contributed by atoms with E-state index < -0.39 is 0 Å². The Morgan fingerprint density at radius 2 is 1.83 bits per heavy atom. The minimum atomic E-state index is -0.260. The lowest BCUT2D eigenvalue weighted by atomic mass is 10.1. The second-order valence-electron chi connectivity index (χ2n) is 7.16. The fraction of sp³-hybridized carbons (Fsp3) is 0.391. The van der Waals surface area contributed by atoms with Crippen LogP contribution in [0.15, 0.2) is 47.6 Å². The van der Waals surface area contributed by atoms with Crippen molar-refractivity contribution >= 4 is 11.6 Å². The number of ether oxygens (including phenoxy) is 3. The standard InChI is InChI=1S/C23H29N3O4/c1-4-30-21-8-5-18(6-9-21)23(27)25-24-17(2)19-7-10-22(28-3)20(15-19)16-26-11-13-29-14-12-26/h5-10,15H,4,11-14,16H2,1-3H3,(H,25,27)/p+1/b24-17-. The summed E-state index contributed by atoms with van der Waals surface area (Å²) in [4.78, 5) is 13.9. The van der Waals surface area contributed by atoms with Crippen molar-refractivity contribution in [2.75, 3.05) is 40.0 Å². The number of rotatable bonds is 8. The van der Waals surface area contributed by atoms with Gasteiger partial charge in [0.05, 0.1) is 32.6 Å². The normalized spacial score (nSPS) is 15.0. The van der Waals surface area contributed by atoms with Gasteiger partial charge in [0.15, 0.2) is 0 Å². The number of nitrogens with zero attached hydrogens (tertiary/aromatic N) is 1. The molecule has 1 aliphatic heterocycles. The van der Waals surface area contributed by atoms with Crippen LogP contribution in [-0.4, -0.2) is 51.6 Å². The lowest BCUT2D eigenvalue weighted by molar-refractivity contribution is -0.921. The Labute approximate surface area is 177 Å². The topological polar surface area (TPSA) is 73.6 Å². The maximum Gasteiger partial charge on any atom is 0.271 e. The summed E-state index contributed by atoms with van der Waals surface area (Å²) in [5, 5.41) is 4.29.